The SMILES string of the molecule is CCCC(=S)NCc1cncc(C)n1. The lowest BCUT2D eigenvalue weighted by Crippen LogP contribution is -2.21. The minimum atomic E-state index is 0.674. The minimum Gasteiger partial charge on any atom is -0.374 e. The molecule has 0 unspecified atom stereocenters. The molecule has 0 amide bonds. The molecule has 0 atom stereocenters. The lowest BCUT2D eigenvalue weighted by molar-refractivity contribution is 0.833. The van der Waals surface area contributed by atoms with Crippen LogP contribution in [0.15, 0.2) is 12.4 Å². The Hall–Kier alpha value is -1.03. The van der Waals surface area contributed by atoms with E-state index >= 15 is 0 Å². The Kier molecular flexibility index (Phi) is 4.46. The van der Waals surface area contributed by atoms with Crippen LogP contribution in [0, 0.1) is 6.92 Å². The Balaban J connectivity index is 2.41. The second-order valence-electron chi connectivity index (χ2n) is 3.18. The van der Waals surface area contributed by atoms with E-state index in [1.54, 1.807) is 12.4 Å². The molecule has 0 saturated heterocycles. The van der Waals surface area contributed by atoms with E-state index in [0.717, 1.165) is 29.2 Å². The molecule has 0 fully saturated rings. The van der Waals surface area contributed by atoms with Gasteiger partial charge >= 0.3 is 0 Å². The molecule has 1 aromatic heterocycles. The first-order valence-corrected chi connectivity index (χ1v) is 5.17. The van der Waals surface area contributed by atoms with Gasteiger partial charge in [-0.05, 0) is 19.8 Å². The van der Waals surface area contributed by atoms with Crippen molar-refractivity contribution in [2.45, 2.75) is 33.2 Å². The molecule has 0 bridgehead atoms. The summed E-state index contributed by atoms with van der Waals surface area (Å²) in [6, 6.07) is 0. The molecule has 0 aliphatic heterocycles. The molecule has 3 nitrogen and oxygen atoms in total. The van der Waals surface area contributed by atoms with Crippen molar-refractivity contribution in [3.8, 4) is 0 Å². The smallest absolute Gasteiger partial charge is 0.0780 e. The number of aryl methyl sites for hydroxylation is 1. The molecule has 0 aliphatic rings. The average molecular weight is 209 g/mol. The molecular weight excluding hydrogens is 194 g/mol. The number of rotatable bonds is 4. The van der Waals surface area contributed by atoms with Crippen LogP contribution >= 0.6 is 12.2 Å². The summed E-state index contributed by atoms with van der Waals surface area (Å²) in [6.07, 6.45) is 5.52. The topological polar surface area (TPSA) is 37.8 Å². The molecule has 1 rings (SSSR count). The van der Waals surface area contributed by atoms with Crippen LogP contribution < -0.4 is 5.32 Å². The van der Waals surface area contributed by atoms with Crippen LogP contribution in [0.4, 0.5) is 0 Å². The molecule has 1 heterocycles. The third-order valence-corrected chi connectivity index (χ3v) is 2.10. The van der Waals surface area contributed by atoms with Crippen LogP contribution in [-0.2, 0) is 6.54 Å². The van der Waals surface area contributed by atoms with Gasteiger partial charge in [0.2, 0.25) is 0 Å². The van der Waals surface area contributed by atoms with Gasteiger partial charge in [0.1, 0.15) is 0 Å². The summed E-state index contributed by atoms with van der Waals surface area (Å²) in [5, 5.41) is 3.16. The Bertz CT molecular complexity index is 312. The maximum atomic E-state index is 5.13. The number of thiocarbonyl (C=S) groups is 1. The van der Waals surface area contributed by atoms with Gasteiger partial charge in [-0.25, -0.2) is 0 Å². The van der Waals surface area contributed by atoms with Gasteiger partial charge in [0.25, 0.3) is 0 Å². The van der Waals surface area contributed by atoms with Gasteiger partial charge < -0.3 is 5.32 Å². The Labute approximate surface area is 90.0 Å². The van der Waals surface area contributed by atoms with Gasteiger partial charge in [-0.1, -0.05) is 19.1 Å². The van der Waals surface area contributed by atoms with E-state index in [4.69, 9.17) is 12.2 Å². The van der Waals surface area contributed by atoms with Crippen LogP contribution in [0.2, 0.25) is 0 Å². The summed E-state index contributed by atoms with van der Waals surface area (Å²) in [4.78, 5) is 9.28. The molecule has 1 aromatic rings. The third kappa shape index (κ3) is 3.79. The number of hydrogen-bond acceptors (Lipinski definition) is 3. The number of aromatic nitrogens is 2. The Morgan fingerprint density at radius 3 is 2.93 bits per heavy atom. The van der Waals surface area contributed by atoms with Crippen LogP contribution in [0.1, 0.15) is 31.2 Å². The van der Waals surface area contributed by atoms with Crippen molar-refractivity contribution in [1.29, 1.82) is 0 Å². The monoisotopic (exact) mass is 209 g/mol. The second-order valence-corrected chi connectivity index (χ2v) is 3.67. The molecule has 0 aromatic carbocycles. The molecule has 1 N–H and O–H groups in total. The number of hydrogen-bond donors (Lipinski definition) is 1. The molecule has 0 saturated carbocycles. The van der Waals surface area contributed by atoms with Crippen molar-refractivity contribution >= 4 is 17.2 Å². The highest BCUT2D eigenvalue weighted by Gasteiger charge is 1.97. The standard InChI is InChI=1S/C10H15N3S/c1-3-4-10(14)12-7-9-6-11-5-8(2)13-9/h5-6H,3-4,7H2,1-2H3,(H,12,14). The van der Waals surface area contributed by atoms with Gasteiger partial charge in [0.05, 0.1) is 29.1 Å². The van der Waals surface area contributed by atoms with Crippen molar-refractivity contribution in [3.63, 3.8) is 0 Å². The second kappa shape index (κ2) is 5.65. The van der Waals surface area contributed by atoms with E-state index in [0.29, 0.717) is 6.54 Å². The van der Waals surface area contributed by atoms with Crippen LogP contribution in [0.5, 0.6) is 0 Å². The summed E-state index contributed by atoms with van der Waals surface area (Å²) in [7, 11) is 0. The predicted octanol–water partition coefficient (Wildman–Crippen LogP) is 2.00. The summed E-state index contributed by atoms with van der Waals surface area (Å²) >= 11 is 5.13. The first-order chi connectivity index (χ1) is 6.72. The number of nitrogens with one attached hydrogen (secondary N) is 1. The molecule has 0 aliphatic carbocycles. The van der Waals surface area contributed by atoms with Gasteiger partial charge in [0.15, 0.2) is 0 Å². The van der Waals surface area contributed by atoms with Gasteiger partial charge in [-0.2, -0.15) is 0 Å². The van der Waals surface area contributed by atoms with E-state index in [-0.39, 0.29) is 0 Å². The zero-order valence-electron chi connectivity index (χ0n) is 8.58. The van der Waals surface area contributed by atoms with E-state index in [2.05, 4.69) is 22.2 Å². The zero-order valence-corrected chi connectivity index (χ0v) is 9.40. The molecular formula is C10H15N3S. The van der Waals surface area contributed by atoms with Crippen LogP contribution in [0.3, 0.4) is 0 Å². The Morgan fingerprint density at radius 2 is 2.29 bits per heavy atom. The summed E-state index contributed by atoms with van der Waals surface area (Å²) in [5.74, 6) is 0. The predicted molar refractivity (Wildman–Crippen MR) is 61.1 cm³/mol. The quantitative estimate of drug-likeness (QED) is 0.770. The van der Waals surface area contributed by atoms with Crippen LogP contribution in [-0.4, -0.2) is 15.0 Å². The summed E-state index contributed by atoms with van der Waals surface area (Å²) in [5.41, 5.74) is 1.87. The highest BCUT2D eigenvalue weighted by Crippen LogP contribution is 1.95. The third-order valence-electron chi connectivity index (χ3n) is 1.75. The number of nitrogens with zero attached hydrogens (tertiary/aromatic N) is 2. The molecule has 0 spiro atoms. The molecule has 0 radical (unpaired) electrons. The molecule has 76 valence electrons. The van der Waals surface area contributed by atoms with Crippen molar-refractivity contribution < 1.29 is 0 Å². The normalized spacial score (nSPS) is 9.86. The van der Waals surface area contributed by atoms with Gasteiger partial charge in [0, 0.05) is 6.20 Å². The highest BCUT2D eigenvalue weighted by molar-refractivity contribution is 7.80. The molecule has 4 heteroatoms. The summed E-state index contributed by atoms with van der Waals surface area (Å²) in [6.45, 7) is 4.72. The fraction of sp³-hybridized carbons (Fsp3) is 0.500. The summed E-state index contributed by atoms with van der Waals surface area (Å²) < 4.78 is 0. The van der Waals surface area contributed by atoms with E-state index in [1.165, 1.54) is 0 Å². The fourth-order valence-electron chi connectivity index (χ4n) is 1.11. The fourth-order valence-corrected chi connectivity index (χ4v) is 1.38. The van der Waals surface area contributed by atoms with E-state index in [9.17, 15) is 0 Å². The lowest BCUT2D eigenvalue weighted by Gasteiger charge is -2.05. The average Bonchev–Trinajstić information content (AvgIpc) is 2.15. The molecule has 14 heavy (non-hydrogen) atoms. The first-order valence-electron chi connectivity index (χ1n) is 4.76. The Morgan fingerprint density at radius 1 is 1.50 bits per heavy atom. The van der Waals surface area contributed by atoms with Crippen LogP contribution in [0.25, 0.3) is 0 Å². The van der Waals surface area contributed by atoms with Gasteiger partial charge in [-0.15, -0.1) is 0 Å². The van der Waals surface area contributed by atoms with Crippen molar-refractivity contribution in [3.05, 3.63) is 23.8 Å². The van der Waals surface area contributed by atoms with E-state index in [1.807, 2.05) is 6.92 Å². The lowest BCUT2D eigenvalue weighted by atomic mass is 10.3. The van der Waals surface area contributed by atoms with E-state index < -0.39 is 0 Å². The zero-order chi connectivity index (χ0) is 10.4. The van der Waals surface area contributed by atoms with Crippen molar-refractivity contribution in [1.82, 2.24) is 15.3 Å². The highest BCUT2D eigenvalue weighted by atomic mass is 32.1. The van der Waals surface area contributed by atoms with Crippen molar-refractivity contribution in [2.75, 3.05) is 0 Å². The maximum Gasteiger partial charge on any atom is 0.0780 e. The minimum absolute atomic E-state index is 0.674. The largest absolute Gasteiger partial charge is 0.374 e. The van der Waals surface area contributed by atoms with Crippen molar-refractivity contribution in [2.24, 2.45) is 0 Å². The first kappa shape index (κ1) is 11.0. The maximum absolute atomic E-state index is 5.13. The van der Waals surface area contributed by atoms with Gasteiger partial charge in [-0.3, -0.25) is 9.97 Å².